The van der Waals surface area contributed by atoms with Gasteiger partial charge in [0.15, 0.2) is 5.79 Å². The van der Waals surface area contributed by atoms with Gasteiger partial charge in [0.05, 0.1) is 13.2 Å². The Labute approximate surface area is 80.5 Å². The first-order chi connectivity index (χ1) is 5.62. The van der Waals surface area contributed by atoms with Crippen molar-refractivity contribution in [3.63, 3.8) is 0 Å². The van der Waals surface area contributed by atoms with E-state index in [0.29, 0.717) is 0 Å². The number of hydrogen-bond donors (Lipinski definition) is 1. The average Bonchev–Trinajstić information content (AvgIpc) is 2.46. The van der Waals surface area contributed by atoms with Gasteiger partial charge in [-0.25, -0.2) is 0 Å². The van der Waals surface area contributed by atoms with E-state index in [4.69, 9.17) is 9.47 Å². The molecule has 1 aliphatic carbocycles. The summed E-state index contributed by atoms with van der Waals surface area (Å²) in [6.07, 6.45) is 3.43. The molecule has 3 nitrogen and oxygen atoms in total. The first-order valence-corrected chi connectivity index (χ1v) is 5.62. The minimum absolute atomic E-state index is 0.309. The van der Waals surface area contributed by atoms with Crippen molar-refractivity contribution >= 4 is 16.3 Å². The van der Waals surface area contributed by atoms with Crippen molar-refractivity contribution in [3.05, 3.63) is 0 Å². The van der Waals surface area contributed by atoms with Crippen LogP contribution in [0.1, 0.15) is 25.7 Å². The maximum atomic E-state index is 9.77. The lowest BCUT2D eigenvalue weighted by Gasteiger charge is -2.39. The Morgan fingerprint density at radius 3 is 2.00 bits per heavy atom. The molecule has 1 spiro atoms. The molecule has 0 aromatic carbocycles. The SMILES string of the molecule is O[C]1([AlH2])CCC2(CC1)OCCO2. The Morgan fingerprint density at radius 2 is 1.50 bits per heavy atom. The highest BCUT2D eigenvalue weighted by Crippen LogP contribution is 2.38. The van der Waals surface area contributed by atoms with E-state index in [1.807, 2.05) is 0 Å². The molecule has 1 saturated carbocycles. The lowest BCUT2D eigenvalue weighted by atomic mass is 9.91. The molecule has 2 fully saturated rings. The fourth-order valence-corrected chi connectivity index (χ4v) is 2.46. The summed E-state index contributed by atoms with van der Waals surface area (Å²) in [6, 6.07) is 0. The zero-order valence-corrected chi connectivity index (χ0v) is 9.51. The Kier molecular flexibility index (Phi) is 2.22. The van der Waals surface area contributed by atoms with Crippen LogP contribution in [0.2, 0.25) is 0 Å². The predicted octanol–water partition coefficient (Wildman–Crippen LogP) is -0.375. The fraction of sp³-hybridized carbons (Fsp3) is 1.00. The zero-order chi connectivity index (χ0) is 8.66. The Balaban J connectivity index is 1.97. The number of rotatable bonds is 0. The van der Waals surface area contributed by atoms with Crippen LogP contribution in [0.3, 0.4) is 0 Å². The first-order valence-electron chi connectivity index (χ1n) is 4.62. The molecule has 1 aliphatic heterocycles. The molecule has 1 N–H and O–H groups in total. The summed E-state index contributed by atoms with van der Waals surface area (Å²) < 4.78 is 10.8. The van der Waals surface area contributed by atoms with E-state index in [1.165, 1.54) is 0 Å². The van der Waals surface area contributed by atoms with Crippen molar-refractivity contribution in [1.29, 1.82) is 0 Å². The summed E-state index contributed by atoms with van der Waals surface area (Å²) in [5.41, 5.74) is 0. The molecule has 68 valence electrons. The fourth-order valence-electron chi connectivity index (χ4n) is 1.96. The van der Waals surface area contributed by atoms with Gasteiger partial charge < -0.3 is 14.6 Å². The molecular formula is C8H15AlO3. The van der Waals surface area contributed by atoms with E-state index in [-0.39, 0.29) is 10.3 Å². The van der Waals surface area contributed by atoms with E-state index < -0.39 is 0 Å². The van der Waals surface area contributed by atoms with Crippen molar-refractivity contribution in [2.75, 3.05) is 13.2 Å². The second-order valence-electron chi connectivity index (χ2n) is 4.10. The van der Waals surface area contributed by atoms with Crippen molar-refractivity contribution in [2.45, 2.75) is 35.9 Å². The molecule has 12 heavy (non-hydrogen) atoms. The van der Waals surface area contributed by atoms with E-state index in [9.17, 15) is 5.11 Å². The Bertz CT molecular complexity index is 163. The lowest BCUT2D eigenvalue weighted by Crippen LogP contribution is -2.43. The molecule has 1 saturated heterocycles. The van der Waals surface area contributed by atoms with Gasteiger partial charge in [-0.15, -0.1) is 0 Å². The summed E-state index contributed by atoms with van der Waals surface area (Å²) in [4.78, 5) is 0. The molecule has 0 atom stereocenters. The maximum Gasteiger partial charge on any atom is 0.263 e. The summed E-state index contributed by atoms with van der Waals surface area (Å²) in [5, 5.41) is 9.77. The first kappa shape index (κ1) is 8.99. The molecule has 2 rings (SSSR count). The van der Waals surface area contributed by atoms with Crippen LogP contribution in [0.4, 0.5) is 0 Å². The number of aliphatic hydroxyl groups is 1. The average molecular weight is 186 g/mol. The third-order valence-electron chi connectivity index (χ3n) is 2.90. The van der Waals surface area contributed by atoms with Gasteiger partial charge in [-0.3, -0.25) is 0 Å². The third kappa shape index (κ3) is 1.68. The van der Waals surface area contributed by atoms with Crippen LogP contribution in [0.25, 0.3) is 0 Å². The van der Waals surface area contributed by atoms with Gasteiger partial charge in [-0.05, 0) is 12.8 Å². The molecule has 1 heterocycles. The quantitative estimate of drug-likeness (QED) is 0.524. The molecular weight excluding hydrogens is 171 g/mol. The third-order valence-corrected chi connectivity index (χ3v) is 3.90. The second kappa shape index (κ2) is 2.97. The smallest absolute Gasteiger partial charge is 0.263 e. The summed E-state index contributed by atoms with van der Waals surface area (Å²) in [5.74, 6) is -0.309. The van der Waals surface area contributed by atoms with Gasteiger partial charge in [0.2, 0.25) is 0 Å². The van der Waals surface area contributed by atoms with Gasteiger partial charge in [0.25, 0.3) is 16.3 Å². The zero-order valence-electron chi connectivity index (χ0n) is 7.51. The number of hydrogen-bond acceptors (Lipinski definition) is 3. The van der Waals surface area contributed by atoms with Gasteiger partial charge in [-0.1, -0.05) is 0 Å². The molecule has 0 bridgehead atoms. The molecule has 2 aliphatic rings. The van der Waals surface area contributed by atoms with Gasteiger partial charge in [0.1, 0.15) is 0 Å². The van der Waals surface area contributed by atoms with E-state index in [0.717, 1.165) is 55.2 Å². The van der Waals surface area contributed by atoms with Crippen molar-refractivity contribution in [1.82, 2.24) is 0 Å². The largest absolute Gasteiger partial charge is 0.406 e. The molecule has 4 heteroatoms. The van der Waals surface area contributed by atoms with Crippen LogP contribution in [-0.2, 0) is 9.47 Å². The minimum Gasteiger partial charge on any atom is -0.406 e. The van der Waals surface area contributed by atoms with Crippen molar-refractivity contribution in [3.8, 4) is 0 Å². The maximum absolute atomic E-state index is 9.77. The topological polar surface area (TPSA) is 38.7 Å². The minimum atomic E-state index is -0.361. The monoisotopic (exact) mass is 186 g/mol. The van der Waals surface area contributed by atoms with Crippen LogP contribution < -0.4 is 0 Å². The highest BCUT2D eigenvalue weighted by molar-refractivity contribution is 6.14. The molecule has 0 amide bonds. The van der Waals surface area contributed by atoms with Crippen molar-refractivity contribution in [2.24, 2.45) is 0 Å². The van der Waals surface area contributed by atoms with E-state index >= 15 is 0 Å². The van der Waals surface area contributed by atoms with Gasteiger partial charge in [0, 0.05) is 17.3 Å². The highest BCUT2D eigenvalue weighted by Gasteiger charge is 2.43. The van der Waals surface area contributed by atoms with E-state index in [2.05, 4.69) is 0 Å². The van der Waals surface area contributed by atoms with Crippen LogP contribution >= 0.6 is 0 Å². The van der Waals surface area contributed by atoms with Crippen LogP contribution in [-0.4, -0.2) is 44.9 Å². The molecule has 0 aromatic heterocycles. The van der Waals surface area contributed by atoms with Crippen molar-refractivity contribution < 1.29 is 14.6 Å². The standard InChI is InChI=1S/C8H13O3.Al.2H/c9-7-1-3-8(4-2-7)10-5-6-11-8;;;/h9H,1-6H2;;;. The number of ether oxygens (including phenoxy) is 2. The normalized spacial score (nSPS) is 32.4. The molecule has 0 unspecified atom stereocenters. The second-order valence-corrected chi connectivity index (χ2v) is 5.97. The summed E-state index contributed by atoms with van der Waals surface area (Å²) in [6.45, 7) is 1.44. The van der Waals surface area contributed by atoms with E-state index in [1.54, 1.807) is 0 Å². The summed E-state index contributed by atoms with van der Waals surface area (Å²) >= 11 is 0.859. The van der Waals surface area contributed by atoms with Gasteiger partial charge in [-0.2, -0.15) is 0 Å². The molecule has 0 aromatic rings. The van der Waals surface area contributed by atoms with Crippen LogP contribution in [0, 0.1) is 0 Å². The lowest BCUT2D eigenvalue weighted by molar-refractivity contribution is -0.192. The highest BCUT2D eigenvalue weighted by atomic mass is 27.0. The Morgan fingerprint density at radius 1 is 1.00 bits per heavy atom. The van der Waals surface area contributed by atoms with Crippen LogP contribution in [0.15, 0.2) is 0 Å². The summed E-state index contributed by atoms with van der Waals surface area (Å²) in [7, 11) is 0. The molecule has 0 radical (unpaired) electrons. The Hall–Kier alpha value is 0.412. The predicted molar refractivity (Wildman–Crippen MR) is 46.6 cm³/mol. The van der Waals surface area contributed by atoms with Crippen LogP contribution in [0.5, 0.6) is 0 Å². The van der Waals surface area contributed by atoms with Gasteiger partial charge >= 0.3 is 0 Å².